The second-order valence-electron chi connectivity index (χ2n) is 4.97. The van der Waals surface area contributed by atoms with Gasteiger partial charge in [0.05, 0.1) is 6.07 Å². The smallest absolute Gasteiger partial charge is 0.366 e. The maximum Gasteiger partial charge on any atom is 0.366 e. The van der Waals surface area contributed by atoms with Crippen molar-refractivity contribution in [2.75, 3.05) is 0 Å². The molecule has 0 radical (unpaired) electrons. The lowest BCUT2D eigenvalue weighted by molar-refractivity contribution is -0.160. The Labute approximate surface area is 110 Å². The minimum Gasteiger partial charge on any atom is -0.457 e. The van der Waals surface area contributed by atoms with Crippen molar-refractivity contribution in [3.63, 3.8) is 0 Å². The van der Waals surface area contributed by atoms with E-state index >= 15 is 0 Å². The van der Waals surface area contributed by atoms with Gasteiger partial charge in [-0.2, -0.15) is 9.65 Å². The molecule has 0 N–H and O–H groups in total. The summed E-state index contributed by atoms with van der Waals surface area (Å²) < 4.78 is 22.6. The lowest BCUT2D eigenvalue weighted by Crippen LogP contribution is -2.35. The fraction of sp³-hybridized carbons (Fsp3) is 0.615. The summed E-state index contributed by atoms with van der Waals surface area (Å²) in [6.45, 7) is 4.36. The van der Waals surface area contributed by atoms with Gasteiger partial charge in [-0.15, -0.1) is 0 Å². The molecule has 6 heteroatoms. The Morgan fingerprint density at radius 3 is 3.00 bits per heavy atom. The lowest BCUT2D eigenvalue weighted by atomic mass is 9.78. The van der Waals surface area contributed by atoms with E-state index in [1.807, 2.05) is 6.07 Å². The first kappa shape index (κ1) is 13.5. The van der Waals surface area contributed by atoms with Crippen molar-refractivity contribution in [1.82, 2.24) is 0 Å². The van der Waals surface area contributed by atoms with E-state index in [9.17, 15) is 19.2 Å². The molecule has 19 heavy (non-hydrogen) atoms. The van der Waals surface area contributed by atoms with Gasteiger partial charge in [-0.1, -0.05) is 13.0 Å². The van der Waals surface area contributed by atoms with Gasteiger partial charge in [0.2, 0.25) is 5.83 Å². The largest absolute Gasteiger partial charge is 0.457 e. The molecule has 0 spiro atoms. The zero-order chi connectivity index (χ0) is 14.2. The van der Waals surface area contributed by atoms with Crippen LogP contribution in [0.3, 0.4) is 0 Å². The maximum absolute atomic E-state index is 12.6. The zero-order valence-electron chi connectivity index (χ0n) is 10.5. The second kappa shape index (κ2) is 4.65. The highest BCUT2D eigenvalue weighted by atomic mass is 19.1. The van der Waals surface area contributed by atoms with Gasteiger partial charge in [0.1, 0.15) is 12.2 Å². The first-order valence-electron chi connectivity index (χ1n) is 6.10. The van der Waals surface area contributed by atoms with Crippen molar-refractivity contribution in [3.8, 4) is 6.07 Å². The number of ether oxygens (including phenoxy) is 2. The summed E-state index contributed by atoms with van der Waals surface area (Å²) in [5.41, 5.74) is -1.13. The molecule has 102 valence electrons. The maximum atomic E-state index is 12.6. The van der Waals surface area contributed by atoms with Crippen LogP contribution in [0.1, 0.15) is 26.2 Å². The highest BCUT2D eigenvalue weighted by molar-refractivity contribution is 5.86. The van der Waals surface area contributed by atoms with Gasteiger partial charge in [-0.25, -0.2) is 4.79 Å². The fourth-order valence-electron chi connectivity index (χ4n) is 2.95. The molecule has 0 bridgehead atoms. The topological polar surface area (TPSA) is 76.4 Å². The molecule has 2 aliphatic rings. The van der Waals surface area contributed by atoms with Crippen LogP contribution in [0, 0.1) is 22.7 Å². The standard InChI is InChI=1S/C13H14FNO4/c1-7(14)11(16)18-8(2)10-9-4-3-5-13(9,6-15)12(17)19-10/h8-10H,1,3-5H2,2H3. The SMILES string of the molecule is C=C(F)C(=O)OC(C)C1OC(=O)C2(C#N)CCCC12. The van der Waals surface area contributed by atoms with Gasteiger partial charge in [-0.05, 0) is 19.8 Å². The van der Waals surface area contributed by atoms with Crippen molar-refractivity contribution >= 4 is 11.9 Å². The van der Waals surface area contributed by atoms with E-state index in [1.54, 1.807) is 0 Å². The number of carbonyl (C=O) groups excluding carboxylic acids is 2. The fourth-order valence-corrected chi connectivity index (χ4v) is 2.95. The number of esters is 2. The summed E-state index contributed by atoms with van der Waals surface area (Å²) in [5, 5.41) is 9.23. The van der Waals surface area contributed by atoms with Crippen LogP contribution in [-0.2, 0) is 19.1 Å². The Hall–Kier alpha value is -1.90. The van der Waals surface area contributed by atoms with Crippen molar-refractivity contribution in [2.45, 2.75) is 38.4 Å². The van der Waals surface area contributed by atoms with Gasteiger partial charge in [-0.3, -0.25) is 4.79 Å². The number of halogens is 1. The summed E-state index contributed by atoms with van der Waals surface area (Å²) in [4.78, 5) is 23.0. The molecule has 5 nitrogen and oxygen atoms in total. The number of hydrogen-bond acceptors (Lipinski definition) is 5. The van der Waals surface area contributed by atoms with E-state index in [4.69, 9.17) is 9.47 Å². The normalized spacial score (nSPS) is 34.1. The van der Waals surface area contributed by atoms with Crippen LogP contribution in [0.25, 0.3) is 0 Å². The van der Waals surface area contributed by atoms with Crippen LogP contribution in [0.2, 0.25) is 0 Å². The van der Waals surface area contributed by atoms with E-state index in [0.717, 1.165) is 6.42 Å². The molecular weight excluding hydrogens is 253 g/mol. The summed E-state index contributed by atoms with van der Waals surface area (Å²) in [6.07, 6.45) is 0.364. The molecule has 0 aromatic rings. The third-order valence-electron chi connectivity index (χ3n) is 3.90. The van der Waals surface area contributed by atoms with Crippen molar-refractivity contribution in [3.05, 3.63) is 12.4 Å². The third kappa shape index (κ3) is 1.99. The van der Waals surface area contributed by atoms with Crippen molar-refractivity contribution in [2.24, 2.45) is 11.3 Å². The lowest BCUT2D eigenvalue weighted by Gasteiger charge is -2.23. The first-order chi connectivity index (χ1) is 8.92. The predicted octanol–water partition coefficient (Wildman–Crippen LogP) is 1.64. The van der Waals surface area contributed by atoms with Gasteiger partial charge < -0.3 is 9.47 Å². The van der Waals surface area contributed by atoms with Crippen LogP contribution in [0.15, 0.2) is 12.4 Å². The van der Waals surface area contributed by atoms with Crippen LogP contribution >= 0.6 is 0 Å². The summed E-state index contributed by atoms with van der Waals surface area (Å²) in [6, 6.07) is 2.04. The van der Waals surface area contributed by atoms with Gasteiger partial charge in [0.25, 0.3) is 0 Å². The number of nitriles is 1. The zero-order valence-corrected chi connectivity index (χ0v) is 10.5. The Morgan fingerprint density at radius 1 is 1.74 bits per heavy atom. The first-order valence-corrected chi connectivity index (χ1v) is 6.10. The molecule has 2 fully saturated rings. The van der Waals surface area contributed by atoms with Gasteiger partial charge in [0, 0.05) is 5.92 Å². The van der Waals surface area contributed by atoms with E-state index < -0.39 is 35.4 Å². The summed E-state index contributed by atoms with van der Waals surface area (Å²) >= 11 is 0. The molecule has 1 aliphatic carbocycles. The van der Waals surface area contributed by atoms with Crippen molar-refractivity contribution in [1.29, 1.82) is 5.26 Å². The molecule has 1 saturated carbocycles. The predicted molar refractivity (Wildman–Crippen MR) is 61.1 cm³/mol. The number of fused-ring (bicyclic) bond motifs is 1. The van der Waals surface area contributed by atoms with Crippen molar-refractivity contribution < 1.29 is 23.5 Å². The minimum absolute atomic E-state index is 0.305. The summed E-state index contributed by atoms with van der Waals surface area (Å²) in [5.74, 6) is -3.24. The molecule has 0 aromatic heterocycles. The molecule has 4 unspecified atom stereocenters. The average molecular weight is 267 g/mol. The molecule has 2 rings (SSSR count). The molecule has 1 saturated heterocycles. The Morgan fingerprint density at radius 2 is 2.42 bits per heavy atom. The Balaban J connectivity index is 2.15. The minimum atomic E-state index is -1.20. The monoisotopic (exact) mass is 267 g/mol. The second-order valence-corrected chi connectivity index (χ2v) is 4.97. The van der Waals surface area contributed by atoms with Crippen LogP contribution in [-0.4, -0.2) is 24.1 Å². The number of nitrogens with zero attached hydrogens (tertiary/aromatic N) is 1. The molecular formula is C13H14FNO4. The number of cyclic esters (lactones) is 1. The average Bonchev–Trinajstić information content (AvgIpc) is 2.89. The van der Waals surface area contributed by atoms with Gasteiger partial charge >= 0.3 is 11.9 Å². The summed E-state index contributed by atoms with van der Waals surface area (Å²) in [7, 11) is 0. The molecule has 0 aromatic carbocycles. The van der Waals surface area contributed by atoms with Crippen LogP contribution < -0.4 is 0 Å². The molecule has 0 amide bonds. The van der Waals surface area contributed by atoms with E-state index in [0.29, 0.717) is 12.8 Å². The Kier molecular flexibility index (Phi) is 3.31. The molecule has 4 atom stereocenters. The van der Waals surface area contributed by atoms with E-state index in [2.05, 4.69) is 6.58 Å². The number of hydrogen-bond donors (Lipinski definition) is 0. The molecule has 1 heterocycles. The van der Waals surface area contributed by atoms with Gasteiger partial charge in [0.15, 0.2) is 5.41 Å². The van der Waals surface area contributed by atoms with E-state index in [1.165, 1.54) is 6.92 Å². The number of carbonyl (C=O) groups is 2. The number of rotatable bonds is 3. The highest BCUT2D eigenvalue weighted by Crippen LogP contribution is 2.52. The Bertz CT molecular complexity index is 484. The third-order valence-corrected chi connectivity index (χ3v) is 3.90. The molecule has 1 aliphatic heterocycles. The van der Waals surface area contributed by atoms with E-state index in [-0.39, 0.29) is 5.92 Å². The van der Waals surface area contributed by atoms with Crippen LogP contribution in [0.4, 0.5) is 4.39 Å². The van der Waals surface area contributed by atoms with Crippen LogP contribution in [0.5, 0.6) is 0 Å². The quantitative estimate of drug-likeness (QED) is 0.574. The highest BCUT2D eigenvalue weighted by Gasteiger charge is 2.62.